The molecule has 0 saturated carbocycles. The second kappa shape index (κ2) is 5.01. The van der Waals surface area contributed by atoms with Crippen molar-refractivity contribution in [2.24, 2.45) is 0 Å². The lowest BCUT2D eigenvalue weighted by molar-refractivity contribution is -0.143. The van der Waals surface area contributed by atoms with E-state index in [1.807, 2.05) is 19.1 Å². The van der Waals surface area contributed by atoms with Crippen LogP contribution in [0.3, 0.4) is 0 Å². The zero-order valence-corrected chi connectivity index (χ0v) is 10.7. The molecule has 17 heavy (non-hydrogen) atoms. The predicted octanol–water partition coefficient (Wildman–Crippen LogP) is 2.93. The zero-order valence-electron chi connectivity index (χ0n) is 10.7. The Hall–Kier alpha value is -1.15. The molecule has 0 bridgehead atoms. The molecule has 92 valence electrons. The molecule has 0 spiro atoms. The number of rotatable bonds is 5. The summed E-state index contributed by atoms with van der Waals surface area (Å²) in [7, 11) is 0. The molecule has 2 rings (SSSR count). The van der Waals surface area contributed by atoms with Crippen LogP contribution in [0, 0.1) is 0 Å². The fourth-order valence-corrected chi connectivity index (χ4v) is 2.58. The van der Waals surface area contributed by atoms with E-state index in [1.54, 1.807) is 0 Å². The highest BCUT2D eigenvalue weighted by Gasteiger charge is 2.43. The van der Waals surface area contributed by atoms with Crippen LogP contribution in [0.15, 0.2) is 24.3 Å². The first-order valence-electron chi connectivity index (χ1n) is 6.46. The second-order valence-electron chi connectivity index (χ2n) is 4.74. The number of ether oxygens (including phenoxy) is 1. The number of benzene rings is 1. The molecule has 1 aromatic rings. The standard InChI is InChI=1S/C15H20O2/c1-3-9-17-15(14(16)4-2)10-12-7-5-6-8-13(12)11-15/h5-8H,3-4,9-11H2,1-2H3. The van der Waals surface area contributed by atoms with E-state index in [2.05, 4.69) is 19.1 Å². The highest BCUT2D eigenvalue weighted by atomic mass is 16.5. The van der Waals surface area contributed by atoms with Gasteiger partial charge >= 0.3 is 0 Å². The zero-order chi connectivity index (χ0) is 12.3. The number of hydrogen-bond acceptors (Lipinski definition) is 2. The first-order valence-corrected chi connectivity index (χ1v) is 6.46. The lowest BCUT2D eigenvalue weighted by Crippen LogP contribution is -2.42. The van der Waals surface area contributed by atoms with E-state index in [4.69, 9.17) is 4.74 Å². The van der Waals surface area contributed by atoms with Crippen LogP contribution in [0.4, 0.5) is 0 Å². The smallest absolute Gasteiger partial charge is 0.165 e. The molecule has 0 radical (unpaired) electrons. The monoisotopic (exact) mass is 232 g/mol. The topological polar surface area (TPSA) is 26.3 Å². The highest BCUT2D eigenvalue weighted by Crippen LogP contribution is 2.34. The van der Waals surface area contributed by atoms with Crippen LogP contribution >= 0.6 is 0 Å². The van der Waals surface area contributed by atoms with Crippen LogP contribution < -0.4 is 0 Å². The first kappa shape index (κ1) is 12.3. The van der Waals surface area contributed by atoms with Crippen LogP contribution in [0.1, 0.15) is 37.8 Å². The number of Topliss-reactive ketones (excluding diaryl/α,β-unsaturated/α-hetero) is 1. The Morgan fingerprint density at radius 3 is 2.29 bits per heavy atom. The van der Waals surface area contributed by atoms with Gasteiger partial charge in [-0.15, -0.1) is 0 Å². The molecule has 0 saturated heterocycles. The largest absolute Gasteiger partial charge is 0.367 e. The quantitative estimate of drug-likeness (QED) is 0.780. The van der Waals surface area contributed by atoms with E-state index in [1.165, 1.54) is 11.1 Å². The van der Waals surface area contributed by atoms with Crippen LogP contribution in [0.2, 0.25) is 0 Å². The Kier molecular flexibility index (Phi) is 3.63. The molecule has 2 nitrogen and oxygen atoms in total. The van der Waals surface area contributed by atoms with Gasteiger partial charge in [0.05, 0.1) is 0 Å². The van der Waals surface area contributed by atoms with E-state index in [0.29, 0.717) is 13.0 Å². The van der Waals surface area contributed by atoms with E-state index in [0.717, 1.165) is 19.3 Å². The maximum Gasteiger partial charge on any atom is 0.165 e. The first-order chi connectivity index (χ1) is 8.22. The highest BCUT2D eigenvalue weighted by molar-refractivity contribution is 5.88. The van der Waals surface area contributed by atoms with Crippen molar-refractivity contribution in [1.29, 1.82) is 0 Å². The summed E-state index contributed by atoms with van der Waals surface area (Å²) in [5.41, 5.74) is 1.96. The molecule has 1 aliphatic rings. The van der Waals surface area contributed by atoms with Crippen LogP contribution in [0.25, 0.3) is 0 Å². The summed E-state index contributed by atoms with van der Waals surface area (Å²) < 4.78 is 5.93. The van der Waals surface area contributed by atoms with Gasteiger partial charge < -0.3 is 4.74 Å². The van der Waals surface area contributed by atoms with Crippen molar-refractivity contribution in [3.63, 3.8) is 0 Å². The van der Waals surface area contributed by atoms with E-state index in [9.17, 15) is 4.79 Å². The Bertz CT molecular complexity index is 384. The van der Waals surface area contributed by atoms with Gasteiger partial charge in [0.25, 0.3) is 0 Å². The minimum Gasteiger partial charge on any atom is -0.367 e. The maximum absolute atomic E-state index is 12.2. The molecule has 0 unspecified atom stereocenters. The molecular weight excluding hydrogens is 212 g/mol. The van der Waals surface area contributed by atoms with Gasteiger partial charge in [0.2, 0.25) is 0 Å². The normalized spacial score (nSPS) is 16.8. The lowest BCUT2D eigenvalue weighted by atomic mass is 9.92. The number of carbonyl (C=O) groups is 1. The minimum absolute atomic E-state index is 0.238. The van der Waals surface area contributed by atoms with Crippen molar-refractivity contribution in [3.8, 4) is 0 Å². The third-order valence-corrected chi connectivity index (χ3v) is 3.48. The van der Waals surface area contributed by atoms with Gasteiger partial charge in [-0.3, -0.25) is 4.79 Å². The molecule has 2 heteroatoms. The van der Waals surface area contributed by atoms with Crippen molar-refractivity contribution < 1.29 is 9.53 Å². The van der Waals surface area contributed by atoms with E-state index >= 15 is 0 Å². The minimum atomic E-state index is -0.575. The van der Waals surface area contributed by atoms with Crippen molar-refractivity contribution in [3.05, 3.63) is 35.4 Å². The average Bonchev–Trinajstić information content (AvgIpc) is 2.75. The second-order valence-corrected chi connectivity index (χ2v) is 4.74. The third kappa shape index (κ3) is 2.27. The summed E-state index contributed by atoms with van der Waals surface area (Å²) >= 11 is 0. The van der Waals surface area contributed by atoms with E-state index in [-0.39, 0.29) is 5.78 Å². The van der Waals surface area contributed by atoms with Gasteiger partial charge in [-0.1, -0.05) is 38.1 Å². The molecule has 0 aliphatic heterocycles. The van der Waals surface area contributed by atoms with Gasteiger partial charge in [-0.2, -0.15) is 0 Å². The van der Waals surface area contributed by atoms with Crippen LogP contribution in [-0.4, -0.2) is 18.0 Å². The van der Waals surface area contributed by atoms with Gasteiger partial charge in [-0.05, 0) is 17.5 Å². The average molecular weight is 232 g/mol. The van der Waals surface area contributed by atoms with Gasteiger partial charge in [0.1, 0.15) is 5.60 Å². The molecule has 0 amide bonds. The molecule has 0 aromatic heterocycles. The molecule has 1 aromatic carbocycles. The summed E-state index contributed by atoms with van der Waals surface area (Å²) in [6.45, 7) is 4.66. The fourth-order valence-electron chi connectivity index (χ4n) is 2.58. The van der Waals surface area contributed by atoms with Gasteiger partial charge in [0, 0.05) is 25.9 Å². The van der Waals surface area contributed by atoms with Crippen molar-refractivity contribution in [1.82, 2.24) is 0 Å². The van der Waals surface area contributed by atoms with Crippen molar-refractivity contribution >= 4 is 5.78 Å². The third-order valence-electron chi connectivity index (χ3n) is 3.48. The van der Waals surface area contributed by atoms with Crippen LogP contribution in [-0.2, 0) is 22.4 Å². The van der Waals surface area contributed by atoms with E-state index < -0.39 is 5.60 Å². The maximum atomic E-state index is 12.2. The summed E-state index contributed by atoms with van der Waals surface area (Å²) in [5.74, 6) is 0.238. The Morgan fingerprint density at radius 1 is 1.24 bits per heavy atom. The number of ketones is 1. The van der Waals surface area contributed by atoms with Crippen LogP contribution in [0.5, 0.6) is 0 Å². The summed E-state index contributed by atoms with van der Waals surface area (Å²) in [6, 6.07) is 8.28. The SMILES string of the molecule is CCCOC1(C(=O)CC)Cc2ccccc2C1. The molecule has 0 heterocycles. The molecular formula is C15H20O2. The summed E-state index contributed by atoms with van der Waals surface area (Å²) in [5, 5.41) is 0. The molecule has 1 aliphatic carbocycles. The summed E-state index contributed by atoms with van der Waals surface area (Å²) in [4.78, 5) is 12.2. The lowest BCUT2D eigenvalue weighted by Gasteiger charge is -2.27. The Labute approximate surface area is 103 Å². The number of hydrogen-bond donors (Lipinski definition) is 0. The molecule has 0 fully saturated rings. The fraction of sp³-hybridized carbons (Fsp3) is 0.533. The van der Waals surface area contributed by atoms with Gasteiger partial charge in [-0.25, -0.2) is 0 Å². The predicted molar refractivity (Wildman–Crippen MR) is 68.1 cm³/mol. The number of carbonyl (C=O) groups excluding carboxylic acids is 1. The Balaban J connectivity index is 2.24. The van der Waals surface area contributed by atoms with Gasteiger partial charge in [0.15, 0.2) is 5.78 Å². The number of fused-ring (bicyclic) bond motifs is 1. The van der Waals surface area contributed by atoms with Crippen molar-refractivity contribution in [2.75, 3.05) is 6.61 Å². The van der Waals surface area contributed by atoms with Crippen molar-refractivity contribution in [2.45, 2.75) is 45.1 Å². The summed E-state index contributed by atoms with van der Waals surface area (Å²) in [6.07, 6.45) is 3.00. The molecule has 0 N–H and O–H groups in total. The Morgan fingerprint density at radius 2 is 1.82 bits per heavy atom. The molecule has 0 atom stereocenters.